The number of ether oxygens (including phenoxy) is 1. The van der Waals surface area contributed by atoms with E-state index < -0.39 is 0 Å². The molecule has 4 nitrogen and oxygen atoms in total. The molecule has 1 heterocycles. The van der Waals surface area contributed by atoms with Crippen LogP contribution in [0.1, 0.15) is 11.1 Å². The summed E-state index contributed by atoms with van der Waals surface area (Å²) in [5, 5.41) is 15.2. The minimum atomic E-state index is -0.0189. The van der Waals surface area contributed by atoms with Crippen LogP contribution >= 0.6 is 0 Å². The van der Waals surface area contributed by atoms with Crippen LogP contribution in [0.5, 0.6) is 11.5 Å². The molecule has 0 radical (unpaired) electrons. The van der Waals surface area contributed by atoms with Crippen molar-refractivity contribution in [2.24, 2.45) is 0 Å². The average Bonchev–Trinajstić information content (AvgIpc) is 3.00. The fraction of sp³-hybridized carbons (Fsp3) is 0.167. The molecule has 0 bridgehead atoms. The van der Waals surface area contributed by atoms with Gasteiger partial charge in [-0.25, -0.2) is 0 Å². The van der Waals surface area contributed by atoms with E-state index in [4.69, 9.17) is 9.26 Å². The minimum absolute atomic E-state index is 0.0189. The summed E-state index contributed by atoms with van der Waals surface area (Å²) < 4.78 is 10.9. The van der Waals surface area contributed by atoms with Crippen LogP contribution in [0.3, 0.4) is 0 Å². The second-order valence-electron chi connectivity index (χ2n) is 5.21. The highest BCUT2D eigenvalue weighted by molar-refractivity contribution is 5.80. The molecule has 0 aliphatic rings. The third kappa shape index (κ3) is 2.44. The Morgan fingerprint density at radius 2 is 1.77 bits per heavy atom. The zero-order valence-corrected chi connectivity index (χ0v) is 12.7. The van der Waals surface area contributed by atoms with Gasteiger partial charge >= 0.3 is 0 Å². The Bertz CT molecular complexity index is 804. The molecule has 3 aromatic rings. The fourth-order valence-corrected chi connectivity index (χ4v) is 2.46. The van der Waals surface area contributed by atoms with Crippen LogP contribution in [0.2, 0.25) is 0 Å². The van der Waals surface area contributed by atoms with Crippen molar-refractivity contribution in [1.82, 2.24) is 5.16 Å². The van der Waals surface area contributed by atoms with Gasteiger partial charge < -0.3 is 14.4 Å². The van der Waals surface area contributed by atoms with Crippen LogP contribution in [0, 0.1) is 13.8 Å². The Balaban J connectivity index is 2.13. The number of methoxy groups -OCH3 is 1. The maximum absolute atomic E-state index is 11.3. The van der Waals surface area contributed by atoms with Crippen LogP contribution in [0.25, 0.3) is 22.5 Å². The quantitative estimate of drug-likeness (QED) is 0.739. The summed E-state index contributed by atoms with van der Waals surface area (Å²) in [5.74, 6) is 1.46. The van der Waals surface area contributed by atoms with Gasteiger partial charge in [-0.15, -0.1) is 5.75 Å². The summed E-state index contributed by atoms with van der Waals surface area (Å²) in [6.07, 6.45) is 1.66. The molecule has 0 atom stereocenters. The summed E-state index contributed by atoms with van der Waals surface area (Å²) >= 11 is 0. The molecule has 1 aromatic heterocycles. The fourth-order valence-electron chi connectivity index (χ4n) is 2.46. The SMILES string of the molecule is COc1cc(-c2oncc2-c2ccc([O-])cc2)cc(C)c1C. The molecular weight excluding hydrogens is 278 g/mol. The van der Waals surface area contributed by atoms with Crippen molar-refractivity contribution in [3.63, 3.8) is 0 Å². The number of benzene rings is 2. The van der Waals surface area contributed by atoms with E-state index in [0.717, 1.165) is 33.6 Å². The third-order valence-electron chi connectivity index (χ3n) is 3.84. The van der Waals surface area contributed by atoms with E-state index in [1.54, 1.807) is 25.4 Å². The smallest absolute Gasteiger partial charge is 0.174 e. The van der Waals surface area contributed by atoms with E-state index in [-0.39, 0.29) is 5.75 Å². The molecule has 4 heteroatoms. The molecule has 0 aliphatic heterocycles. The predicted molar refractivity (Wildman–Crippen MR) is 82.8 cm³/mol. The number of hydrogen-bond donors (Lipinski definition) is 0. The van der Waals surface area contributed by atoms with Gasteiger partial charge in [-0.1, -0.05) is 29.4 Å². The molecule has 0 spiro atoms. The first-order valence-electron chi connectivity index (χ1n) is 6.98. The van der Waals surface area contributed by atoms with Gasteiger partial charge in [-0.05, 0) is 42.7 Å². The van der Waals surface area contributed by atoms with Gasteiger partial charge in [-0.3, -0.25) is 0 Å². The molecule has 0 saturated carbocycles. The van der Waals surface area contributed by atoms with Crippen molar-refractivity contribution in [2.75, 3.05) is 7.11 Å². The lowest BCUT2D eigenvalue weighted by molar-refractivity contribution is -0.268. The first-order valence-corrected chi connectivity index (χ1v) is 6.98. The molecule has 0 saturated heterocycles. The van der Waals surface area contributed by atoms with E-state index in [0.29, 0.717) is 5.76 Å². The summed E-state index contributed by atoms with van der Waals surface area (Å²) in [5.41, 5.74) is 4.87. The van der Waals surface area contributed by atoms with Crippen molar-refractivity contribution in [2.45, 2.75) is 13.8 Å². The lowest BCUT2D eigenvalue weighted by Gasteiger charge is -2.11. The average molecular weight is 294 g/mol. The standard InChI is InChI=1S/C18H17NO3/c1-11-8-14(9-17(21-3)12(11)2)18-16(10-19-22-18)13-4-6-15(20)7-5-13/h4-10,20H,1-3H3/p-1. The molecule has 0 aliphatic carbocycles. The van der Waals surface area contributed by atoms with Gasteiger partial charge in [-0.2, -0.15) is 0 Å². The summed E-state index contributed by atoms with van der Waals surface area (Å²) in [6.45, 7) is 4.05. The molecule has 0 amide bonds. The molecule has 2 aromatic carbocycles. The topological polar surface area (TPSA) is 58.3 Å². The van der Waals surface area contributed by atoms with E-state index in [9.17, 15) is 5.11 Å². The van der Waals surface area contributed by atoms with Crippen molar-refractivity contribution in [3.8, 4) is 33.9 Å². The number of nitrogens with zero attached hydrogens (tertiary/aromatic N) is 1. The van der Waals surface area contributed by atoms with Crippen LogP contribution in [-0.4, -0.2) is 12.3 Å². The normalized spacial score (nSPS) is 10.7. The molecule has 0 fully saturated rings. The first kappa shape index (κ1) is 14.2. The second-order valence-corrected chi connectivity index (χ2v) is 5.21. The first-order chi connectivity index (χ1) is 10.6. The van der Waals surface area contributed by atoms with E-state index in [1.165, 1.54) is 12.1 Å². The molecular formula is C18H16NO3-. The molecule has 22 heavy (non-hydrogen) atoms. The highest BCUT2D eigenvalue weighted by Crippen LogP contribution is 2.36. The van der Waals surface area contributed by atoms with Gasteiger partial charge in [0.2, 0.25) is 0 Å². The Morgan fingerprint density at radius 3 is 2.45 bits per heavy atom. The van der Waals surface area contributed by atoms with Gasteiger partial charge in [0, 0.05) is 11.1 Å². The second kappa shape index (κ2) is 5.56. The van der Waals surface area contributed by atoms with E-state index in [1.807, 2.05) is 26.0 Å². The Labute approximate surface area is 129 Å². The highest BCUT2D eigenvalue weighted by Gasteiger charge is 2.15. The Hall–Kier alpha value is -2.75. The largest absolute Gasteiger partial charge is 0.872 e. The molecule has 0 N–H and O–H groups in total. The van der Waals surface area contributed by atoms with Gasteiger partial charge in [0.05, 0.1) is 13.3 Å². The predicted octanol–water partition coefficient (Wildman–Crippen LogP) is 3.71. The Kier molecular flexibility index (Phi) is 3.59. The van der Waals surface area contributed by atoms with E-state index >= 15 is 0 Å². The van der Waals surface area contributed by atoms with Crippen molar-refractivity contribution < 1.29 is 14.4 Å². The number of hydrogen-bond acceptors (Lipinski definition) is 4. The van der Waals surface area contributed by atoms with Crippen molar-refractivity contribution in [3.05, 3.63) is 53.7 Å². The van der Waals surface area contributed by atoms with Gasteiger partial charge in [0.25, 0.3) is 0 Å². The van der Waals surface area contributed by atoms with Crippen LogP contribution in [0.15, 0.2) is 47.1 Å². The zero-order chi connectivity index (χ0) is 15.7. The van der Waals surface area contributed by atoms with Crippen molar-refractivity contribution >= 4 is 0 Å². The molecule has 3 rings (SSSR count). The maximum atomic E-state index is 11.3. The lowest BCUT2D eigenvalue weighted by Crippen LogP contribution is -1.92. The number of aromatic nitrogens is 1. The number of rotatable bonds is 3. The third-order valence-corrected chi connectivity index (χ3v) is 3.84. The maximum Gasteiger partial charge on any atom is 0.174 e. The van der Waals surface area contributed by atoms with Crippen LogP contribution in [-0.2, 0) is 0 Å². The summed E-state index contributed by atoms with van der Waals surface area (Å²) in [4.78, 5) is 0. The van der Waals surface area contributed by atoms with E-state index in [2.05, 4.69) is 5.16 Å². The molecule has 0 unspecified atom stereocenters. The molecule has 112 valence electrons. The highest BCUT2D eigenvalue weighted by atomic mass is 16.5. The summed E-state index contributed by atoms with van der Waals surface area (Å²) in [7, 11) is 1.65. The monoisotopic (exact) mass is 294 g/mol. The van der Waals surface area contributed by atoms with Gasteiger partial charge in [0.15, 0.2) is 5.76 Å². The minimum Gasteiger partial charge on any atom is -0.872 e. The zero-order valence-electron chi connectivity index (χ0n) is 12.7. The van der Waals surface area contributed by atoms with Crippen LogP contribution < -0.4 is 9.84 Å². The lowest BCUT2D eigenvalue weighted by atomic mass is 9.99. The van der Waals surface area contributed by atoms with Crippen LogP contribution in [0.4, 0.5) is 0 Å². The number of aryl methyl sites for hydroxylation is 1. The Morgan fingerprint density at radius 1 is 1.05 bits per heavy atom. The van der Waals surface area contributed by atoms with Crippen molar-refractivity contribution in [1.29, 1.82) is 0 Å². The summed E-state index contributed by atoms with van der Waals surface area (Å²) in [6, 6.07) is 10.6. The van der Waals surface area contributed by atoms with Gasteiger partial charge in [0.1, 0.15) is 5.75 Å².